The molecule has 114 valence electrons. The molecule has 0 aromatic carbocycles. The second-order valence-electron chi connectivity index (χ2n) is 4.95. The number of piperazine rings is 1. The molecular formula is C10H16N2O6S2. The van der Waals surface area contributed by atoms with Gasteiger partial charge in [-0.25, -0.2) is 16.8 Å². The van der Waals surface area contributed by atoms with E-state index in [1.165, 1.54) is 0 Å². The average Bonchev–Trinajstić information content (AvgIpc) is 2.69. The van der Waals surface area contributed by atoms with Crippen LogP contribution < -0.4 is 5.32 Å². The lowest BCUT2D eigenvalue weighted by molar-refractivity contribution is -0.137. The lowest BCUT2D eigenvalue weighted by Gasteiger charge is -2.33. The number of sulfone groups is 1. The van der Waals surface area contributed by atoms with Crippen LogP contribution in [0.5, 0.6) is 0 Å². The van der Waals surface area contributed by atoms with E-state index in [1.807, 2.05) is 0 Å². The van der Waals surface area contributed by atoms with Crippen LogP contribution in [0.4, 0.5) is 0 Å². The van der Waals surface area contributed by atoms with E-state index in [-0.39, 0.29) is 18.6 Å². The first-order chi connectivity index (χ1) is 9.17. The third-order valence-corrected chi connectivity index (χ3v) is 7.80. The molecule has 0 bridgehead atoms. The van der Waals surface area contributed by atoms with Crippen molar-refractivity contribution >= 4 is 31.7 Å². The normalized spacial score (nSPS) is 31.2. The van der Waals surface area contributed by atoms with E-state index < -0.39 is 55.3 Å². The van der Waals surface area contributed by atoms with E-state index in [1.54, 1.807) is 6.92 Å². The lowest BCUT2D eigenvalue weighted by Crippen LogP contribution is -2.61. The predicted molar refractivity (Wildman–Crippen MR) is 69.9 cm³/mol. The van der Waals surface area contributed by atoms with Crippen molar-refractivity contribution in [3.63, 3.8) is 0 Å². The van der Waals surface area contributed by atoms with Crippen molar-refractivity contribution in [2.24, 2.45) is 0 Å². The molecule has 2 saturated heterocycles. The number of sulfonamides is 1. The van der Waals surface area contributed by atoms with Gasteiger partial charge >= 0.3 is 0 Å². The van der Waals surface area contributed by atoms with E-state index in [0.717, 1.165) is 4.31 Å². The summed E-state index contributed by atoms with van der Waals surface area (Å²) in [5.74, 6) is -1.97. The quantitative estimate of drug-likeness (QED) is 0.615. The molecule has 0 aromatic rings. The molecule has 2 fully saturated rings. The first kappa shape index (κ1) is 15.4. The second-order valence-corrected chi connectivity index (χ2v) is 9.35. The van der Waals surface area contributed by atoms with Gasteiger partial charge in [0.25, 0.3) is 0 Å². The van der Waals surface area contributed by atoms with Gasteiger partial charge in [-0.1, -0.05) is 6.92 Å². The van der Waals surface area contributed by atoms with Gasteiger partial charge in [0.1, 0.15) is 6.04 Å². The summed E-state index contributed by atoms with van der Waals surface area (Å²) < 4.78 is 48.6. The molecule has 0 spiro atoms. The Morgan fingerprint density at radius 1 is 1.35 bits per heavy atom. The predicted octanol–water partition coefficient (Wildman–Crippen LogP) is -1.76. The van der Waals surface area contributed by atoms with Gasteiger partial charge in [0.15, 0.2) is 9.84 Å². The van der Waals surface area contributed by atoms with E-state index in [2.05, 4.69) is 5.32 Å². The molecule has 20 heavy (non-hydrogen) atoms. The molecule has 1 N–H and O–H groups in total. The Kier molecular flexibility index (Phi) is 3.91. The minimum Gasteiger partial charge on any atom is -0.294 e. The first-order valence-electron chi connectivity index (χ1n) is 6.22. The van der Waals surface area contributed by atoms with Crippen molar-refractivity contribution in [1.29, 1.82) is 0 Å². The summed E-state index contributed by atoms with van der Waals surface area (Å²) in [4.78, 5) is 23.1. The minimum atomic E-state index is -3.99. The number of nitrogens with one attached hydrogen (secondary N) is 1. The highest BCUT2D eigenvalue weighted by Crippen LogP contribution is 2.25. The molecule has 10 heteroatoms. The SMILES string of the molecule is CCC1C(=O)NC(=O)CN1S(=O)(=O)C1CCS(=O)(=O)C1. The molecule has 0 radical (unpaired) electrons. The zero-order chi connectivity index (χ0) is 15.1. The maximum atomic E-state index is 12.5. The van der Waals surface area contributed by atoms with E-state index in [9.17, 15) is 26.4 Å². The number of imide groups is 1. The van der Waals surface area contributed by atoms with Crippen LogP contribution in [0.15, 0.2) is 0 Å². The third kappa shape index (κ3) is 2.72. The smallest absolute Gasteiger partial charge is 0.245 e. The summed E-state index contributed by atoms with van der Waals surface area (Å²) in [6.45, 7) is 1.19. The summed E-state index contributed by atoms with van der Waals surface area (Å²) in [5.41, 5.74) is 0. The molecular weight excluding hydrogens is 308 g/mol. The van der Waals surface area contributed by atoms with Crippen molar-refractivity contribution in [3.8, 4) is 0 Å². The Hall–Kier alpha value is -1.00. The van der Waals surface area contributed by atoms with Gasteiger partial charge in [-0.3, -0.25) is 14.9 Å². The molecule has 2 atom stereocenters. The molecule has 2 aliphatic heterocycles. The Bertz CT molecular complexity index is 639. The number of nitrogens with zero attached hydrogens (tertiary/aromatic N) is 1. The van der Waals surface area contributed by atoms with Gasteiger partial charge in [0.2, 0.25) is 21.8 Å². The number of carbonyl (C=O) groups is 2. The topological polar surface area (TPSA) is 118 Å². The van der Waals surface area contributed by atoms with Crippen LogP contribution in [0.25, 0.3) is 0 Å². The Morgan fingerprint density at radius 3 is 2.50 bits per heavy atom. The fraction of sp³-hybridized carbons (Fsp3) is 0.800. The minimum absolute atomic E-state index is 0.00735. The molecule has 2 heterocycles. The molecule has 2 amide bonds. The van der Waals surface area contributed by atoms with E-state index >= 15 is 0 Å². The van der Waals surface area contributed by atoms with E-state index in [0.29, 0.717) is 0 Å². The molecule has 0 aliphatic carbocycles. The van der Waals surface area contributed by atoms with Gasteiger partial charge in [-0.15, -0.1) is 0 Å². The molecule has 2 rings (SSSR count). The fourth-order valence-corrected chi connectivity index (χ4v) is 7.18. The van der Waals surface area contributed by atoms with Crippen molar-refractivity contribution in [1.82, 2.24) is 9.62 Å². The number of rotatable bonds is 3. The fourth-order valence-electron chi connectivity index (χ4n) is 2.49. The number of hydrogen-bond donors (Lipinski definition) is 1. The number of hydrogen-bond acceptors (Lipinski definition) is 6. The maximum Gasteiger partial charge on any atom is 0.245 e. The zero-order valence-corrected chi connectivity index (χ0v) is 12.5. The summed E-state index contributed by atoms with van der Waals surface area (Å²) in [5, 5.41) is 1.02. The Morgan fingerprint density at radius 2 is 2.00 bits per heavy atom. The largest absolute Gasteiger partial charge is 0.294 e. The van der Waals surface area contributed by atoms with Crippen LogP contribution in [0.1, 0.15) is 19.8 Å². The first-order valence-corrected chi connectivity index (χ1v) is 9.54. The van der Waals surface area contributed by atoms with Crippen LogP contribution in [0, 0.1) is 0 Å². The van der Waals surface area contributed by atoms with Crippen LogP contribution >= 0.6 is 0 Å². The van der Waals surface area contributed by atoms with Gasteiger partial charge in [0, 0.05) is 0 Å². The summed E-state index contributed by atoms with van der Waals surface area (Å²) >= 11 is 0. The monoisotopic (exact) mass is 324 g/mol. The van der Waals surface area contributed by atoms with Gasteiger partial charge in [-0.2, -0.15) is 4.31 Å². The van der Waals surface area contributed by atoms with Crippen LogP contribution in [0.2, 0.25) is 0 Å². The summed E-state index contributed by atoms with van der Waals surface area (Å²) in [7, 11) is -7.35. The Balaban J connectivity index is 2.32. The van der Waals surface area contributed by atoms with Gasteiger partial charge < -0.3 is 0 Å². The Labute approximate surface area is 117 Å². The van der Waals surface area contributed by atoms with Crippen molar-refractivity contribution in [3.05, 3.63) is 0 Å². The van der Waals surface area contributed by atoms with E-state index in [4.69, 9.17) is 0 Å². The number of carbonyl (C=O) groups excluding carboxylic acids is 2. The lowest BCUT2D eigenvalue weighted by atomic mass is 10.2. The molecule has 0 aromatic heterocycles. The number of amides is 2. The highest BCUT2D eigenvalue weighted by molar-refractivity contribution is 7.95. The van der Waals surface area contributed by atoms with Crippen LogP contribution in [-0.2, 0) is 29.4 Å². The third-order valence-electron chi connectivity index (χ3n) is 3.54. The van der Waals surface area contributed by atoms with Gasteiger partial charge in [0.05, 0.1) is 23.3 Å². The highest BCUT2D eigenvalue weighted by Gasteiger charge is 2.46. The van der Waals surface area contributed by atoms with Crippen molar-refractivity contribution in [2.75, 3.05) is 18.1 Å². The van der Waals surface area contributed by atoms with Crippen molar-refractivity contribution < 1.29 is 26.4 Å². The van der Waals surface area contributed by atoms with Crippen LogP contribution in [-0.4, -0.2) is 62.3 Å². The molecule has 2 aliphatic rings. The second kappa shape index (κ2) is 5.08. The zero-order valence-electron chi connectivity index (χ0n) is 10.9. The molecule has 8 nitrogen and oxygen atoms in total. The average molecular weight is 324 g/mol. The summed E-state index contributed by atoms with van der Waals surface area (Å²) in [6, 6.07) is -0.957. The van der Waals surface area contributed by atoms with Gasteiger partial charge in [-0.05, 0) is 12.8 Å². The van der Waals surface area contributed by atoms with Crippen LogP contribution in [0.3, 0.4) is 0 Å². The molecule has 0 saturated carbocycles. The highest BCUT2D eigenvalue weighted by atomic mass is 32.2. The maximum absolute atomic E-state index is 12.5. The molecule has 2 unspecified atom stereocenters. The van der Waals surface area contributed by atoms with Crippen molar-refractivity contribution in [2.45, 2.75) is 31.1 Å². The standard InChI is InChI=1S/C10H16N2O6S2/c1-2-8-10(14)11-9(13)5-12(8)20(17,18)7-3-4-19(15,16)6-7/h7-8H,2-6H2,1H3,(H,11,13,14). The summed E-state index contributed by atoms with van der Waals surface area (Å²) in [6.07, 6.45) is 0.227.